The summed E-state index contributed by atoms with van der Waals surface area (Å²) in [6, 6.07) is 1.73. The van der Waals surface area contributed by atoms with E-state index in [2.05, 4.69) is 15.2 Å². The lowest BCUT2D eigenvalue weighted by Gasteiger charge is -2.41. The standard InChI is InChI=1S/C16H21ClN4O3/c1-10-9-20(14(22)16(2)3-4-16)5-6-21(10)13-7-12(19-15(23)24)11(17)8-18-13/h7-8,10H,3-6,9H2,1-2H3,(H,18,19)(H,23,24). The van der Waals surface area contributed by atoms with E-state index in [4.69, 9.17) is 16.7 Å². The normalized spacial score (nSPS) is 22.2. The number of hydrogen-bond acceptors (Lipinski definition) is 4. The fourth-order valence-electron chi connectivity index (χ4n) is 3.06. The molecular weight excluding hydrogens is 332 g/mol. The van der Waals surface area contributed by atoms with Gasteiger partial charge in [-0.05, 0) is 19.8 Å². The van der Waals surface area contributed by atoms with Crippen molar-refractivity contribution in [3.8, 4) is 0 Å². The minimum atomic E-state index is -1.17. The Balaban J connectivity index is 1.72. The van der Waals surface area contributed by atoms with Gasteiger partial charge in [-0.3, -0.25) is 10.1 Å². The molecule has 0 aromatic carbocycles. The summed E-state index contributed by atoms with van der Waals surface area (Å²) in [7, 11) is 0. The molecule has 7 nitrogen and oxygen atoms in total. The molecule has 24 heavy (non-hydrogen) atoms. The SMILES string of the molecule is CC1CN(C(=O)C2(C)CC2)CCN1c1cc(NC(=O)O)c(Cl)cn1. The van der Waals surface area contributed by atoms with Gasteiger partial charge in [0.25, 0.3) is 0 Å². The molecule has 3 rings (SSSR count). The fourth-order valence-corrected chi connectivity index (χ4v) is 3.21. The highest BCUT2D eigenvalue weighted by molar-refractivity contribution is 6.33. The number of rotatable bonds is 3. The summed E-state index contributed by atoms with van der Waals surface area (Å²) in [5, 5.41) is 11.4. The van der Waals surface area contributed by atoms with Crippen LogP contribution < -0.4 is 10.2 Å². The van der Waals surface area contributed by atoms with Crippen molar-refractivity contribution < 1.29 is 14.7 Å². The number of carbonyl (C=O) groups is 2. The Labute approximate surface area is 145 Å². The Morgan fingerprint density at radius 1 is 1.42 bits per heavy atom. The zero-order valence-electron chi connectivity index (χ0n) is 13.8. The molecule has 1 aliphatic heterocycles. The van der Waals surface area contributed by atoms with Crippen LogP contribution in [0.2, 0.25) is 5.02 Å². The highest BCUT2D eigenvalue weighted by Gasteiger charge is 2.48. The lowest BCUT2D eigenvalue weighted by atomic mass is 10.1. The second-order valence-corrected chi connectivity index (χ2v) is 7.21. The molecule has 0 radical (unpaired) electrons. The highest BCUT2D eigenvalue weighted by Crippen LogP contribution is 2.46. The summed E-state index contributed by atoms with van der Waals surface area (Å²) >= 11 is 5.98. The zero-order valence-corrected chi connectivity index (χ0v) is 14.5. The first kappa shape index (κ1) is 16.8. The molecule has 2 fully saturated rings. The van der Waals surface area contributed by atoms with E-state index in [1.165, 1.54) is 6.20 Å². The average molecular weight is 353 g/mol. The number of nitrogens with one attached hydrogen (secondary N) is 1. The van der Waals surface area contributed by atoms with Crippen LogP contribution in [-0.4, -0.2) is 52.7 Å². The van der Waals surface area contributed by atoms with E-state index in [1.54, 1.807) is 6.07 Å². The maximum atomic E-state index is 12.5. The van der Waals surface area contributed by atoms with Crippen molar-refractivity contribution in [2.24, 2.45) is 5.41 Å². The van der Waals surface area contributed by atoms with Gasteiger partial charge < -0.3 is 14.9 Å². The average Bonchev–Trinajstić information content (AvgIpc) is 3.27. The molecule has 1 atom stereocenters. The first-order chi connectivity index (χ1) is 11.3. The lowest BCUT2D eigenvalue weighted by molar-refractivity contribution is -0.137. The topological polar surface area (TPSA) is 85.8 Å². The third-order valence-corrected chi connectivity index (χ3v) is 5.11. The van der Waals surface area contributed by atoms with Gasteiger partial charge in [0, 0.05) is 37.2 Å². The second-order valence-electron chi connectivity index (χ2n) is 6.81. The molecule has 130 valence electrons. The van der Waals surface area contributed by atoms with Gasteiger partial charge in [-0.15, -0.1) is 0 Å². The van der Waals surface area contributed by atoms with Gasteiger partial charge in [-0.1, -0.05) is 18.5 Å². The van der Waals surface area contributed by atoms with E-state index in [1.807, 2.05) is 18.7 Å². The van der Waals surface area contributed by atoms with Gasteiger partial charge in [-0.2, -0.15) is 0 Å². The zero-order chi connectivity index (χ0) is 17.5. The Bertz CT molecular complexity index is 677. The Morgan fingerprint density at radius 3 is 2.71 bits per heavy atom. The summed E-state index contributed by atoms with van der Waals surface area (Å²) in [5.41, 5.74) is 0.157. The van der Waals surface area contributed by atoms with Crippen LogP contribution in [0, 0.1) is 5.41 Å². The van der Waals surface area contributed by atoms with Crippen LogP contribution in [0.4, 0.5) is 16.3 Å². The van der Waals surface area contributed by atoms with Gasteiger partial charge in [0.05, 0.1) is 16.9 Å². The quantitative estimate of drug-likeness (QED) is 0.873. The van der Waals surface area contributed by atoms with Crippen molar-refractivity contribution in [2.45, 2.75) is 32.7 Å². The first-order valence-electron chi connectivity index (χ1n) is 8.02. The molecule has 2 N–H and O–H groups in total. The molecule has 1 unspecified atom stereocenters. The summed E-state index contributed by atoms with van der Waals surface area (Å²) in [6.45, 7) is 6.00. The van der Waals surface area contributed by atoms with Crippen molar-refractivity contribution in [1.29, 1.82) is 0 Å². The number of nitrogens with zero attached hydrogens (tertiary/aromatic N) is 3. The number of carbonyl (C=O) groups excluding carboxylic acids is 1. The number of halogens is 1. The smallest absolute Gasteiger partial charge is 0.409 e. The largest absolute Gasteiger partial charge is 0.465 e. The van der Waals surface area contributed by atoms with Crippen molar-refractivity contribution in [3.63, 3.8) is 0 Å². The Hall–Kier alpha value is -2.02. The lowest BCUT2D eigenvalue weighted by Crippen LogP contribution is -2.55. The molecule has 2 amide bonds. The van der Waals surface area contributed by atoms with Crippen molar-refractivity contribution >= 4 is 35.1 Å². The van der Waals surface area contributed by atoms with E-state index in [-0.39, 0.29) is 22.4 Å². The first-order valence-corrected chi connectivity index (χ1v) is 8.39. The number of carboxylic acid groups (broad SMARTS) is 1. The van der Waals surface area contributed by atoms with Crippen LogP contribution in [0.25, 0.3) is 0 Å². The third kappa shape index (κ3) is 3.26. The van der Waals surface area contributed by atoms with Crippen molar-refractivity contribution in [2.75, 3.05) is 29.9 Å². The second kappa shape index (κ2) is 6.12. The van der Waals surface area contributed by atoms with Gasteiger partial charge >= 0.3 is 6.09 Å². The molecule has 1 aromatic rings. The Kier molecular flexibility index (Phi) is 4.29. The molecule has 1 aliphatic carbocycles. The van der Waals surface area contributed by atoms with E-state index in [9.17, 15) is 9.59 Å². The molecule has 2 heterocycles. The van der Waals surface area contributed by atoms with Crippen LogP contribution >= 0.6 is 11.6 Å². The molecule has 8 heteroatoms. The molecule has 1 saturated heterocycles. The molecule has 1 saturated carbocycles. The number of piperazine rings is 1. The minimum Gasteiger partial charge on any atom is -0.465 e. The summed E-state index contributed by atoms with van der Waals surface area (Å²) in [4.78, 5) is 31.6. The fraction of sp³-hybridized carbons (Fsp3) is 0.562. The molecule has 2 aliphatic rings. The number of aromatic nitrogens is 1. The van der Waals surface area contributed by atoms with E-state index < -0.39 is 6.09 Å². The summed E-state index contributed by atoms with van der Waals surface area (Å²) in [6.07, 6.45) is 2.22. The maximum Gasteiger partial charge on any atom is 0.409 e. The number of hydrogen-bond donors (Lipinski definition) is 2. The van der Waals surface area contributed by atoms with Crippen molar-refractivity contribution in [3.05, 3.63) is 17.3 Å². The summed E-state index contributed by atoms with van der Waals surface area (Å²) in [5.74, 6) is 0.895. The van der Waals surface area contributed by atoms with Gasteiger partial charge in [0.2, 0.25) is 5.91 Å². The molecule has 0 bridgehead atoms. The van der Waals surface area contributed by atoms with Crippen molar-refractivity contribution in [1.82, 2.24) is 9.88 Å². The number of amides is 2. The van der Waals surface area contributed by atoms with Crippen LogP contribution in [-0.2, 0) is 4.79 Å². The maximum absolute atomic E-state index is 12.5. The predicted molar refractivity (Wildman–Crippen MR) is 91.6 cm³/mol. The minimum absolute atomic E-state index is 0.0939. The van der Waals surface area contributed by atoms with E-state index in [0.717, 1.165) is 12.8 Å². The van der Waals surface area contributed by atoms with Crippen LogP contribution in [0.1, 0.15) is 26.7 Å². The predicted octanol–water partition coefficient (Wildman–Crippen LogP) is 2.66. The molecular formula is C16H21ClN4O3. The number of pyridine rings is 1. The monoisotopic (exact) mass is 352 g/mol. The summed E-state index contributed by atoms with van der Waals surface area (Å²) < 4.78 is 0. The van der Waals surface area contributed by atoms with E-state index >= 15 is 0 Å². The van der Waals surface area contributed by atoms with Gasteiger partial charge in [0.15, 0.2) is 0 Å². The molecule has 0 spiro atoms. The number of anilines is 2. The van der Waals surface area contributed by atoms with Crippen LogP contribution in [0.3, 0.4) is 0 Å². The molecule has 1 aromatic heterocycles. The van der Waals surface area contributed by atoms with Crippen LogP contribution in [0.15, 0.2) is 12.3 Å². The third-order valence-electron chi connectivity index (χ3n) is 4.81. The highest BCUT2D eigenvalue weighted by atomic mass is 35.5. The van der Waals surface area contributed by atoms with Gasteiger partial charge in [0.1, 0.15) is 5.82 Å². The van der Waals surface area contributed by atoms with E-state index in [0.29, 0.717) is 31.1 Å². The van der Waals surface area contributed by atoms with Gasteiger partial charge in [-0.25, -0.2) is 9.78 Å². The Morgan fingerprint density at radius 2 is 2.12 bits per heavy atom. The van der Waals surface area contributed by atoms with Crippen LogP contribution in [0.5, 0.6) is 0 Å².